The van der Waals surface area contributed by atoms with Crippen LogP contribution >= 0.6 is 11.6 Å². The number of anilines is 1. The molecule has 0 bridgehead atoms. The molecule has 1 aromatic rings. The Morgan fingerprint density at radius 3 is 2.62 bits per heavy atom. The Morgan fingerprint density at radius 1 is 1.50 bits per heavy atom. The fourth-order valence-corrected chi connectivity index (χ4v) is 1.51. The minimum absolute atomic E-state index is 0.00564. The Labute approximate surface area is 101 Å². The second kappa shape index (κ2) is 4.85. The highest BCUT2D eigenvalue weighted by Crippen LogP contribution is 2.27. The van der Waals surface area contributed by atoms with Crippen molar-refractivity contribution in [2.24, 2.45) is 0 Å². The first-order valence-corrected chi connectivity index (χ1v) is 5.39. The maximum Gasteiger partial charge on any atom is 0.152 e. The quantitative estimate of drug-likeness (QED) is 0.823. The molecule has 1 aromatic carbocycles. The predicted molar refractivity (Wildman–Crippen MR) is 66.4 cm³/mol. The number of aliphatic hydroxyl groups excluding tert-OH is 1. The van der Waals surface area contributed by atoms with Crippen molar-refractivity contribution in [2.75, 3.05) is 18.6 Å². The highest BCUT2D eigenvalue weighted by Gasteiger charge is 2.24. The lowest BCUT2D eigenvalue weighted by atomic mass is 10.0. The standard InChI is InChI=1S/C12H16ClNO2/c1-12(2,8-16)14(3)11-6-10(13)5-4-9(11)7-15/h4-7,16H,8H2,1-3H3. The summed E-state index contributed by atoms with van der Waals surface area (Å²) >= 11 is 5.91. The van der Waals surface area contributed by atoms with E-state index in [2.05, 4.69) is 0 Å². The molecule has 0 atom stereocenters. The van der Waals surface area contributed by atoms with E-state index in [0.717, 1.165) is 12.0 Å². The van der Waals surface area contributed by atoms with E-state index in [4.69, 9.17) is 11.6 Å². The van der Waals surface area contributed by atoms with Crippen LogP contribution in [-0.2, 0) is 0 Å². The summed E-state index contributed by atoms with van der Waals surface area (Å²) in [5.41, 5.74) is 0.845. The number of rotatable bonds is 4. The number of carbonyl (C=O) groups excluding carboxylic acids is 1. The van der Waals surface area contributed by atoms with Gasteiger partial charge < -0.3 is 10.0 Å². The van der Waals surface area contributed by atoms with Gasteiger partial charge in [0.2, 0.25) is 0 Å². The molecule has 16 heavy (non-hydrogen) atoms. The van der Waals surface area contributed by atoms with Crippen molar-refractivity contribution in [1.82, 2.24) is 0 Å². The normalized spacial score (nSPS) is 11.3. The van der Waals surface area contributed by atoms with Crippen LogP contribution in [0.4, 0.5) is 5.69 Å². The van der Waals surface area contributed by atoms with Crippen LogP contribution < -0.4 is 4.90 Å². The lowest BCUT2D eigenvalue weighted by Crippen LogP contribution is -2.44. The minimum Gasteiger partial charge on any atom is -0.394 e. The number of aliphatic hydroxyl groups is 1. The molecule has 0 aliphatic heterocycles. The number of nitrogens with zero attached hydrogens (tertiary/aromatic N) is 1. The van der Waals surface area contributed by atoms with E-state index in [1.165, 1.54) is 0 Å². The summed E-state index contributed by atoms with van der Waals surface area (Å²) in [5, 5.41) is 9.87. The third-order valence-corrected chi connectivity index (χ3v) is 3.01. The van der Waals surface area contributed by atoms with Crippen LogP contribution in [0.5, 0.6) is 0 Å². The number of carbonyl (C=O) groups is 1. The molecule has 0 heterocycles. The fourth-order valence-electron chi connectivity index (χ4n) is 1.34. The van der Waals surface area contributed by atoms with Crippen molar-refractivity contribution in [3.8, 4) is 0 Å². The number of likely N-dealkylation sites (N-methyl/N-ethyl adjacent to an activating group) is 1. The lowest BCUT2D eigenvalue weighted by Gasteiger charge is -2.36. The summed E-state index contributed by atoms with van der Waals surface area (Å²) in [6.07, 6.45) is 0.787. The zero-order chi connectivity index (χ0) is 12.3. The molecule has 0 unspecified atom stereocenters. The summed E-state index contributed by atoms with van der Waals surface area (Å²) in [5.74, 6) is 0. The average Bonchev–Trinajstić information content (AvgIpc) is 2.28. The lowest BCUT2D eigenvalue weighted by molar-refractivity contribution is 0.112. The van der Waals surface area contributed by atoms with Gasteiger partial charge >= 0.3 is 0 Å². The SMILES string of the molecule is CN(c1cc(Cl)ccc1C=O)C(C)(C)CO. The number of aldehydes is 1. The molecule has 0 spiro atoms. The second-order valence-corrected chi connectivity index (χ2v) is 4.79. The van der Waals surface area contributed by atoms with Crippen molar-refractivity contribution < 1.29 is 9.90 Å². The van der Waals surface area contributed by atoms with Gasteiger partial charge in [-0.3, -0.25) is 4.79 Å². The van der Waals surface area contributed by atoms with E-state index in [9.17, 15) is 9.90 Å². The molecule has 0 aromatic heterocycles. The van der Waals surface area contributed by atoms with E-state index in [1.807, 2.05) is 25.8 Å². The first-order valence-electron chi connectivity index (χ1n) is 5.02. The topological polar surface area (TPSA) is 40.5 Å². The maximum atomic E-state index is 10.9. The van der Waals surface area contributed by atoms with Gasteiger partial charge in [0.15, 0.2) is 6.29 Å². The molecule has 0 saturated heterocycles. The third-order valence-electron chi connectivity index (χ3n) is 2.78. The minimum atomic E-state index is -0.442. The Kier molecular flexibility index (Phi) is 3.94. The van der Waals surface area contributed by atoms with Crippen molar-refractivity contribution >= 4 is 23.6 Å². The molecule has 1 N–H and O–H groups in total. The van der Waals surface area contributed by atoms with Crippen LogP contribution in [0.1, 0.15) is 24.2 Å². The van der Waals surface area contributed by atoms with Gasteiger partial charge in [-0.2, -0.15) is 0 Å². The average molecular weight is 242 g/mol. The van der Waals surface area contributed by atoms with Gasteiger partial charge in [0.25, 0.3) is 0 Å². The summed E-state index contributed by atoms with van der Waals surface area (Å²) in [4.78, 5) is 12.8. The highest BCUT2D eigenvalue weighted by atomic mass is 35.5. The molecule has 4 heteroatoms. The van der Waals surface area contributed by atoms with Gasteiger partial charge in [0.05, 0.1) is 12.1 Å². The molecule has 3 nitrogen and oxygen atoms in total. The van der Waals surface area contributed by atoms with Crippen LogP contribution in [0, 0.1) is 0 Å². The summed E-state index contributed by atoms with van der Waals surface area (Å²) in [7, 11) is 1.83. The van der Waals surface area contributed by atoms with E-state index < -0.39 is 5.54 Å². The van der Waals surface area contributed by atoms with E-state index >= 15 is 0 Å². The first-order chi connectivity index (χ1) is 7.42. The van der Waals surface area contributed by atoms with Crippen molar-refractivity contribution in [1.29, 1.82) is 0 Å². The smallest absolute Gasteiger partial charge is 0.152 e. The summed E-state index contributed by atoms with van der Waals surface area (Å²) in [6.45, 7) is 3.78. The Hall–Kier alpha value is -1.06. The first kappa shape index (κ1) is 13.0. The molecule has 0 saturated carbocycles. The molecule has 0 amide bonds. The summed E-state index contributed by atoms with van der Waals surface area (Å²) in [6, 6.07) is 5.08. The second-order valence-electron chi connectivity index (χ2n) is 4.35. The Morgan fingerprint density at radius 2 is 2.12 bits per heavy atom. The third kappa shape index (κ3) is 2.54. The fraction of sp³-hybridized carbons (Fsp3) is 0.417. The van der Waals surface area contributed by atoms with Gasteiger partial charge in [-0.1, -0.05) is 11.6 Å². The zero-order valence-corrected chi connectivity index (χ0v) is 10.5. The molecule has 0 fully saturated rings. The van der Waals surface area contributed by atoms with Gasteiger partial charge in [-0.25, -0.2) is 0 Å². The van der Waals surface area contributed by atoms with Crippen LogP contribution in [0.25, 0.3) is 0 Å². The van der Waals surface area contributed by atoms with Crippen molar-refractivity contribution in [2.45, 2.75) is 19.4 Å². The van der Waals surface area contributed by atoms with Crippen molar-refractivity contribution in [3.63, 3.8) is 0 Å². The predicted octanol–water partition coefficient (Wildman–Crippen LogP) is 2.36. The number of hydrogen-bond donors (Lipinski definition) is 1. The zero-order valence-electron chi connectivity index (χ0n) is 9.70. The molecular formula is C12H16ClNO2. The largest absolute Gasteiger partial charge is 0.394 e. The number of hydrogen-bond acceptors (Lipinski definition) is 3. The molecule has 0 radical (unpaired) electrons. The molecular weight excluding hydrogens is 226 g/mol. The molecule has 0 aliphatic carbocycles. The van der Waals surface area contributed by atoms with Gasteiger partial charge in [0, 0.05) is 23.3 Å². The van der Waals surface area contributed by atoms with Crippen molar-refractivity contribution in [3.05, 3.63) is 28.8 Å². The van der Waals surface area contributed by atoms with Crippen LogP contribution in [0.2, 0.25) is 5.02 Å². The monoisotopic (exact) mass is 241 g/mol. The van der Waals surface area contributed by atoms with E-state index in [0.29, 0.717) is 10.6 Å². The molecule has 0 aliphatic rings. The number of halogens is 1. The van der Waals surface area contributed by atoms with Gasteiger partial charge in [0.1, 0.15) is 0 Å². The molecule has 88 valence electrons. The Balaban J connectivity index is 3.21. The van der Waals surface area contributed by atoms with Gasteiger partial charge in [-0.15, -0.1) is 0 Å². The van der Waals surface area contributed by atoms with Crippen LogP contribution in [0.3, 0.4) is 0 Å². The maximum absolute atomic E-state index is 10.9. The highest BCUT2D eigenvalue weighted by molar-refractivity contribution is 6.31. The number of benzene rings is 1. The van der Waals surface area contributed by atoms with Crippen LogP contribution in [-0.4, -0.2) is 30.6 Å². The summed E-state index contributed by atoms with van der Waals surface area (Å²) < 4.78 is 0. The molecule has 1 rings (SSSR count). The van der Waals surface area contributed by atoms with Gasteiger partial charge in [-0.05, 0) is 32.0 Å². The van der Waals surface area contributed by atoms with E-state index in [1.54, 1.807) is 18.2 Å². The van der Waals surface area contributed by atoms with E-state index in [-0.39, 0.29) is 6.61 Å². The van der Waals surface area contributed by atoms with Crippen LogP contribution in [0.15, 0.2) is 18.2 Å². The Bertz CT molecular complexity index is 391.